The van der Waals surface area contributed by atoms with Crippen LogP contribution in [0.4, 0.5) is 17.1 Å². The number of fused-ring (bicyclic) bond motifs is 2. The van der Waals surface area contributed by atoms with E-state index in [1.54, 1.807) is 13.3 Å². The summed E-state index contributed by atoms with van der Waals surface area (Å²) >= 11 is 0. The number of pyridine rings is 1. The van der Waals surface area contributed by atoms with Crippen LogP contribution in [0.15, 0.2) is 84.0 Å². The van der Waals surface area contributed by atoms with Gasteiger partial charge in [0.05, 0.1) is 46.6 Å². The number of ether oxygens (including phenoxy) is 1. The number of methoxy groups -OCH3 is 1. The van der Waals surface area contributed by atoms with Crippen molar-refractivity contribution < 1.29 is 9.53 Å². The molecule has 0 bridgehead atoms. The highest BCUT2D eigenvalue weighted by atomic mass is 16.5. The van der Waals surface area contributed by atoms with Crippen LogP contribution in [0.25, 0.3) is 28.1 Å². The van der Waals surface area contributed by atoms with E-state index in [4.69, 9.17) is 14.7 Å². The van der Waals surface area contributed by atoms with Crippen LogP contribution < -0.4 is 20.7 Å². The van der Waals surface area contributed by atoms with Crippen molar-refractivity contribution in [2.24, 2.45) is 4.99 Å². The first-order valence-corrected chi connectivity index (χ1v) is 12.2. The van der Waals surface area contributed by atoms with Gasteiger partial charge in [0.1, 0.15) is 5.69 Å². The molecule has 8 heteroatoms. The molecule has 1 aromatic heterocycles. The predicted molar refractivity (Wildman–Crippen MR) is 145 cm³/mol. The van der Waals surface area contributed by atoms with Gasteiger partial charge in [0.2, 0.25) is 11.8 Å². The molecule has 2 aromatic carbocycles. The number of nitrogens with one attached hydrogen (secondary N) is 2. The lowest BCUT2D eigenvalue weighted by Gasteiger charge is -2.20. The summed E-state index contributed by atoms with van der Waals surface area (Å²) in [4.78, 5) is 25.8. The zero-order valence-corrected chi connectivity index (χ0v) is 20.6. The van der Waals surface area contributed by atoms with E-state index < -0.39 is 0 Å². The number of hydrogen-bond donors (Lipinski definition) is 2. The van der Waals surface area contributed by atoms with Gasteiger partial charge in [-0.1, -0.05) is 12.1 Å². The summed E-state index contributed by atoms with van der Waals surface area (Å²) in [5.41, 5.74) is 6.94. The molecular formula is C29H26N6O2. The van der Waals surface area contributed by atoms with Gasteiger partial charge in [0, 0.05) is 24.5 Å². The van der Waals surface area contributed by atoms with Gasteiger partial charge in [-0.2, -0.15) is 0 Å². The Morgan fingerprint density at radius 2 is 1.84 bits per heavy atom. The van der Waals surface area contributed by atoms with Gasteiger partial charge < -0.3 is 19.9 Å². The molecule has 1 aliphatic heterocycles. The third-order valence-corrected chi connectivity index (χ3v) is 6.25. The Morgan fingerprint density at radius 1 is 1.03 bits per heavy atom. The number of nitrogens with zero attached hydrogens (tertiary/aromatic N) is 4. The molecule has 37 heavy (non-hydrogen) atoms. The Kier molecular flexibility index (Phi) is 5.76. The van der Waals surface area contributed by atoms with E-state index >= 15 is 0 Å². The van der Waals surface area contributed by atoms with Gasteiger partial charge in [0.15, 0.2) is 0 Å². The van der Waals surface area contributed by atoms with E-state index in [2.05, 4.69) is 32.3 Å². The van der Waals surface area contributed by atoms with Gasteiger partial charge in [-0.05, 0) is 73.5 Å². The number of anilines is 3. The third kappa shape index (κ3) is 4.61. The van der Waals surface area contributed by atoms with Crippen LogP contribution in [-0.4, -0.2) is 33.6 Å². The van der Waals surface area contributed by atoms with Crippen molar-refractivity contribution in [3.63, 3.8) is 0 Å². The maximum absolute atomic E-state index is 11.5. The van der Waals surface area contributed by atoms with Crippen molar-refractivity contribution in [3.8, 4) is 23.0 Å². The fraction of sp³-hybridized carbons (Fsp3) is 0.172. The summed E-state index contributed by atoms with van der Waals surface area (Å²) in [6.45, 7) is 1.50. The molecule has 3 aromatic rings. The monoisotopic (exact) mass is 490 g/mol. The van der Waals surface area contributed by atoms with E-state index in [9.17, 15) is 4.79 Å². The summed E-state index contributed by atoms with van der Waals surface area (Å²) in [5.74, 6) is 0.414. The van der Waals surface area contributed by atoms with Gasteiger partial charge in [-0.15, -0.1) is 0 Å². The molecule has 0 atom stereocenters. The van der Waals surface area contributed by atoms with E-state index in [0.717, 1.165) is 63.4 Å². The molecule has 2 N–H and O–H groups in total. The highest BCUT2D eigenvalue weighted by Gasteiger charge is 2.22. The van der Waals surface area contributed by atoms with Crippen LogP contribution in [-0.2, 0) is 4.79 Å². The van der Waals surface area contributed by atoms with Crippen molar-refractivity contribution in [2.75, 3.05) is 17.7 Å². The number of aromatic nitrogens is 3. The standard InChI is InChI=1S/C29H26N6O2/c1-18(36)31-19-11-13-21(14-12-19)35-27-8-4-3-6-22(27)33-26-16-24(25(17-28(26)35)32-20-9-10-20)34-23-7-5-15-30-29(23)37-2/h3-8,11-17,20,34H,9-10H2,1-2H3,(H,31,36). The normalized spacial score (nSPS) is 13.6. The zero-order valence-electron chi connectivity index (χ0n) is 20.6. The Hall–Kier alpha value is -4.72. The smallest absolute Gasteiger partial charge is 0.237 e. The molecule has 1 fully saturated rings. The maximum Gasteiger partial charge on any atom is 0.237 e. The second-order valence-corrected chi connectivity index (χ2v) is 9.07. The average molecular weight is 491 g/mol. The lowest BCUT2D eigenvalue weighted by Crippen LogP contribution is -2.16. The minimum Gasteiger partial charge on any atom is -0.480 e. The van der Waals surface area contributed by atoms with Crippen LogP contribution in [0.5, 0.6) is 5.88 Å². The Morgan fingerprint density at radius 3 is 2.59 bits per heavy atom. The quantitative estimate of drug-likeness (QED) is 0.315. The molecule has 2 heterocycles. The van der Waals surface area contributed by atoms with Gasteiger partial charge in [0.25, 0.3) is 0 Å². The molecule has 6 rings (SSSR count). The van der Waals surface area contributed by atoms with Crippen LogP contribution in [0, 0.1) is 0 Å². The Bertz CT molecular complexity index is 1650. The number of carbonyl (C=O) groups is 1. The van der Waals surface area contributed by atoms with Gasteiger partial charge >= 0.3 is 0 Å². The van der Waals surface area contributed by atoms with Crippen molar-refractivity contribution in [3.05, 3.63) is 84.4 Å². The van der Waals surface area contributed by atoms with E-state index in [0.29, 0.717) is 11.9 Å². The number of amides is 1. The Balaban J connectivity index is 1.57. The SMILES string of the molecule is COc1ncccc1Nc1cc2nc3ccccc3n(-c3ccc(NC(C)=O)cc3)c-2cc1=NC1CC1. The zero-order chi connectivity index (χ0) is 25.4. The molecule has 0 saturated heterocycles. The number of para-hydroxylation sites is 2. The minimum absolute atomic E-state index is 0.100. The summed E-state index contributed by atoms with van der Waals surface area (Å²) in [6.07, 6.45) is 3.89. The summed E-state index contributed by atoms with van der Waals surface area (Å²) < 4.78 is 7.65. The molecule has 0 radical (unpaired) electrons. The van der Waals surface area contributed by atoms with Crippen LogP contribution in [0.1, 0.15) is 19.8 Å². The lowest BCUT2D eigenvalue weighted by molar-refractivity contribution is -0.114. The van der Waals surface area contributed by atoms with Gasteiger partial charge in [-0.25, -0.2) is 9.97 Å². The fourth-order valence-electron chi connectivity index (χ4n) is 4.42. The molecule has 1 saturated carbocycles. The minimum atomic E-state index is -0.100. The summed E-state index contributed by atoms with van der Waals surface area (Å²) in [6, 6.07) is 24.2. The van der Waals surface area contributed by atoms with Crippen LogP contribution in [0.3, 0.4) is 0 Å². The molecule has 8 nitrogen and oxygen atoms in total. The molecule has 184 valence electrons. The Labute approximate surface area is 214 Å². The second-order valence-electron chi connectivity index (χ2n) is 9.07. The molecule has 1 amide bonds. The topological polar surface area (TPSA) is 93.4 Å². The van der Waals surface area contributed by atoms with Crippen molar-refractivity contribution in [2.45, 2.75) is 25.8 Å². The average Bonchev–Trinajstić information content (AvgIpc) is 3.72. The number of hydrogen-bond acceptors (Lipinski definition) is 6. The van der Waals surface area contributed by atoms with Crippen molar-refractivity contribution in [1.82, 2.24) is 14.5 Å². The molecular weight excluding hydrogens is 464 g/mol. The van der Waals surface area contributed by atoms with E-state index in [-0.39, 0.29) is 5.91 Å². The number of carbonyl (C=O) groups excluding carboxylic acids is 1. The van der Waals surface area contributed by atoms with Crippen molar-refractivity contribution >= 4 is 34.0 Å². The summed E-state index contributed by atoms with van der Waals surface area (Å²) in [7, 11) is 1.61. The largest absolute Gasteiger partial charge is 0.480 e. The highest BCUT2D eigenvalue weighted by Crippen LogP contribution is 2.32. The molecule has 2 aliphatic carbocycles. The van der Waals surface area contributed by atoms with Crippen LogP contribution in [0.2, 0.25) is 0 Å². The lowest BCUT2D eigenvalue weighted by atomic mass is 10.1. The maximum atomic E-state index is 11.5. The van der Waals surface area contributed by atoms with Crippen LogP contribution >= 0.6 is 0 Å². The third-order valence-electron chi connectivity index (χ3n) is 6.25. The fourth-order valence-corrected chi connectivity index (χ4v) is 4.42. The molecule has 3 aliphatic rings. The number of rotatable bonds is 6. The predicted octanol–water partition coefficient (Wildman–Crippen LogP) is 5.30. The summed E-state index contributed by atoms with van der Waals surface area (Å²) in [5, 5.41) is 7.18. The van der Waals surface area contributed by atoms with Gasteiger partial charge in [-0.3, -0.25) is 9.79 Å². The highest BCUT2D eigenvalue weighted by molar-refractivity contribution is 5.89. The molecule has 0 spiro atoms. The first kappa shape index (κ1) is 22.7. The first-order chi connectivity index (χ1) is 18.1. The van der Waals surface area contributed by atoms with E-state index in [1.807, 2.05) is 60.7 Å². The second kappa shape index (κ2) is 9.39. The first-order valence-electron chi connectivity index (χ1n) is 12.2. The van der Waals surface area contributed by atoms with Crippen molar-refractivity contribution in [1.29, 1.82) is 0 Å². The van der Waals surface area contributed by atoms with E-state index in [1.165, 1.54) is 6.92 Å². The number of benzene rings is 3. The molecule has 0 unspecified atom stereocenters.